The lowest BCUT2D eigenvalue weighted by atomic mass is 10.0. The van der Waals surface area contributed by atoms with Crippen LogP contribution in [0, 0.1) is 11.8 Å². The number of benzene rings is 1. The van der Waals surface area contributed by atoms with Gasteiger partial charge in [0.05, 0.1) is 13.7 Å². The monoisotopic (exact) mass is 218 g/mol. The Hall–Kier alpha value is -1.50. The fourth-order valence-corrected chi connectivity index (χ4v) is 1.33. The summed E-state index contributed by atoms with van der Waals surface area (Å²) in [7, 11) is 1.62. The second kappa shape index (κ2) is 4.17. The molecule has 1 aromatic carbocycles. The van der Waals surface area contributed by atoms with E-state index < -0.39 is 5.60 Å². The van der Waals surface area contributed by atoms with Gasteiger partial charge in [-0.1, -0.05) is 11.8 Å². The molecule has 0 saturated carbocycles. The molecular formula is C13H14O3. The quantitative estimate of drug-likeness (QED) is 0.599. The molecule has 3 heteroatoms. The summed E-state index contributed by atoms with van der Waals surface area (Å²) in [4.78, 5) is 0. The van der Waals surface area contributed by atoms with Crippen LogP contribution in [0.1, 0.15) is 12.5 Å². The van der Waals surface area contributed by atoms with Crippen LogP contribution in [0.25, 0.3) is 0 Å². The topological polar surface area (TPSA) is 42.0 Å². The van der Waals surface area contributed by atoms with Gasteiger partial charge < -0.3 is 14.6 Å². The molecule has 2 unspecified atom stereocenters. The van der Waals surface area contributed by atoms with E-state index in [2.05, 4.69) is 11.8 Å². The largest absolute Gasteiger partial charge is 0.497 e. The first-order valence-corrected chi connectivity index (χ1v) is 5.13. The summed E-state index contributed by atoms with van der Waals surface area (Å²) < 4.78 is 10.1. The second-order valence-electron chi connectivity index (χ2n) is 3.95. The van der Waals surface area contributed by atoms with E-state index >= 15 is 0 Å². The molecule has 1 fully saturated rings. The molecule has 1 aliphatic heterocycles. The van der Waals surface area contributed by atoms with E-state index in [-0.39, 0.29) is 6.10 Å². The van der Waals surface area contributed by atoms with Crippen LogP contribution in [0.4, 0.5) is 0 Å². The van der Waals surface area contributed by atoms with E-state index in [4.69, 9.17) is 9.47 Å². The summed E-state index contributed by atoms with van der Waals surface area (Å²) >= 11 is 0. The number of methoxy groups -OCH3 is 1. The van der Waals surface area contributed by atoms with Crippen LogP contribution >= 0.6 is 0 Å². The lowest BCUT2D eigenvalue weighted by Gasteiger charge is -2.11. The maximum atomic E-state index is 9.89. The Labute approximate surface area is 95.0 Å². The summed E-state index contributed by atoms with van der Waals surface area (Å²) in [6, 6.07) is 7.39. The molecule has 1 aliphatic rings. The third-order valence-electron chi connectivity index (χ3n) is 2.51. The lowest BCUT2D eigenvalue weighted by molar-refractivity contribution is 0.0863. The van der Waals surface area contributed by atoms with E-state index in [0.29, 0.717) is 6.61 Å². The van der Waals surface area contributed by atoms with Gasteiger partial charge in [0.15, 0.2) is 5.60 Å². The van der Waals surface area contributed by atoms with Crippen molar-refractivity contribution in [2.24, 2.45) is 0 Å². The standard InChI is InChI=1S/C13H14O3/c1-13(14,12-9-16-12)8-7-10-3-5-11(15-2)6-4-10/h3-6,12,14H,9H2,1-2H3. The highest BCUT2D eigenvalue weighted by Gasteiger charge is 2.40. The first kappa shape index (κ1) is 11.0. The van der Waals surface area contributed by atoms with E-state index in [1.165, 1.54) is 0 Å². The highest BCUT2D eigenvalue weighted by Crippen LogP contribution is 2.23. The Bertz CT molecular complexity index is 419. The molecule has 0 aliphatic carbocycles. The summed E-state index contributed by atoms with van der Waals surface area (Å²) in [5.74, 6) is 6.53. The molecule has 0 radical (unpaired) electrons. The van der Waals surface area contributed by atoms with Gasteiger partial charge in [-0.25, -0.2) is 0 Å². The zero-order valence-corrected chi connectivity index (χ0v) is 9.36. The molecule has 2 rings (SSSR count). The Morgan fingerprint density at radius 2 is 2.06 bits per heavy atom. The summed E-state index contributed by atoms with van der Waals surface area (Å²) in [6.07, 6.45) is -0.141. The fourth-order valence-electron chi connectivity index (χ4n) is 1.33. The molecular weight excluding hydrogens is 204 g/mol. The fraction of sp³-hybridized carbons (Fsp3) is 0.385. The molecule has 2 atom stereocenters. The molecule has 0 bridgehead atoms. The van der Waals surface area contributed by atoms with Gasteiger partial charge in [-0.2, -0.15) is 0 Å². The van der Waals surface area contributed by atoms with Crippen LogP contribution in [0.5, 0.6) is 5.75 Å². The average Bonchev–Trinajstić information content (AvgIpc) is 3.11. The van der Waals surface area contributed by atoms with Crippen molar-refractivity contribution in [2.75, 3.05) is 13.7 Å². The van der Waals surface area contributed by atoms with Gasteiger partial charge in [0.25, 0.3) is 0 Å². The highest BCUT2D eigenvalue weighted by molar-refractivity contribution is 5.40. The van der Waals surface area contributed by atoms with Gasteiger partial charge in [-0.15, -0.1) is 0 Å². The predicted molar refractivity (Wildman–Crippen MR) is 60.2 cm³/mol. The van der Waals surface area contributed by atoms with Crippen LogP contribution in [-0.4, -0.2) is 30.5 Å². The number of rotatable bonds is 2. The lowest BCUT2D eigenvalue weighted by Crippen LogP contribution is -2.29. The van der Waals surface area contributed by atoms with Crippen molar-refractivity contribution in [1.82, 2.24) is 0 Å². The van der Waals surface area contributed by atoms with E-state index in [0.717, 1.165) is 11.3 Å². The zero-order valence-electron chi connectivity index (χ0n) is 9.36. The molecule has 1 heterocycles. The minimum atomic E-state index is -1.06. The maximum Gasteiger partial charge on any atom is 0.151 e. The van der Waals surface area contributed by atoms with E-state index in [1.54, 1.807) is 14.0 Å². The van der Waals surface area contributed by atoms with Crippen molar-refractivity contribution in [3.63, 3.8) is 0 Å². The molecule has 16 heavy (non-hydrogen) atoms. The number of aliphatic hydroxyl groups is 1. The van der Waals surface area contributed by atoms with Gasteiger partial charge in [-0.05, 0) is 31.2 Å². The molecule has 0 amide bonds. The van der Waals surface area contributed by atoms with Crippen LogP contribution in [0.3, 0.4) is 0 Å². The smallest absolute Gasteiger partial charge is 0.151 e. The Morgan fingerprint density at radius 3 is 2.56 bits per heavy atom. The normalized spacial score (nSPS) is 21.6. The van der Waals surface area contributed by atoms with Gasteiger partial charge >= 0.3 is 0 Å². The van der Waals surface area contributed by atoms with Gasteiger partial charge in [0, 0.05) is 5.56 Å². The summed E-state index contributed by atoms with van der Waals surface area (Å²) in [5, 5.41) is 9.89. The highest BCUT2D eigenvalue weighted by atomic mass is 16.6. The number of hydrogen-bond donors (Lipinski definition) is 1. The summed E-state index contributed by atoms with van der Waals surface area (Å²) in [5.41, 5.74) is -0.207. The third kappa shape index (κ3) is 2.54. The molecule has 1 aromatic rings. The Balaban J connectivity index is 2.10. The SMILES string of the molecule is COc1ccc(C#CC(C)(O)C2CO2)cc1. The average molecular weight is 218 g/mol. The maximum absolute atomic E-state index is 9.89. The second-order valence-corrected chi connectivity index (χ2v) is 3.95. The Morgan fingerprint density at radius 1 is 1.44 bits per heavy atom. The first-order chi connectivity index (χ1) is 7.62. The molecule has 84 valence electrons. The number of hydrogen-bond acceptors (Lipinski definition) is 3. The molecule has 3 nitrogen and oxygen atoms in total. The van der Waals surface area contributed by atoms with Crippen molar-refractivity contribution in [3.8, 4) is 17.6 Å². The van der Waals surface area contributed by atoms with Crippen molar-refractivity contribution in [3.05, 3.63) is 29.8 Å². The van der Waals surface area contributed by atoms with Crippen LogP contribution < -0.4 is 4.74 Å². The van der Waals surface area contributed by atoms with Crippen molar-refractivity contribution in [1.29, 1.82) is 0 Å². The summed E-state index contributed by atoms with van der Waals surface area (Å²) in [6.45, 7) is 2.26. The number of ether oxygens (including phenoxy) is 2. The van der Waals surface area contributed by atoms with Crippen molar-refractivity contribution in [2.45, 2.75) is 18.6 Å². The van der Waals surface area contributed by atoms with Gasteiger partial charge in [0.1, 0.15) is 11.9 Å². The molecule has 0 spiro atoms. The van der Waals surface area contributed by atoms with E-state index in [9.17, 15) is 5.11 Å². The van der Waals surface area contributed by atoms with Crippen LogP contribution in [0.2, 0.25) is 0 Å². The minimum absolute atomic E-state index is 0.141. The molecule has 1 saturated heterocycles. The van der Waals surface area contributed by atoms with Crippen molar-refractivity contribution < 1.29 is 14.6 Å². The predicted octanol–water partition coefficient (Wildman–Crippen LogP) is 1.20. The first-order valence-electron chi connectivity index (χ1n) is 5.13. The van der Waals surface area contributed by atoms with Gasteiger partial charge in [-0.3, -0.25) is 0 Å². The third-order valence-corrected chi connectivity index (χ3v) is 2.51. The molecule has 1 N–H and O–H groups in total. The number of epoxide rings is 1. The molecule has 0 aromatic heterocycles. The van der Waals surface area contributed by atoms with Crippen LogP contribution in [-0.2, 0) is 4.74 Å². The zero-order chi connectivity index (χ0) is 11.6. The van der Waals surface area contributed by atoms with E-state index in [1.807, 2.05) is 24.3 Å². The Kier molecular flexibility index (Phi) is 2.86. The minimum Gasteiger partial charge on any atom is -0.497 e. The van der Waals surface area contributed by atoms with Gasteiger partial charge in [0.2, 0.25) is 0 Å². The van der Waals surface area contributed by atoms with Crippen molar-refractivity contribution >= 4 is 0 Å². The van der Waals surface area contributed by atoms with Crippen LogP contribution in [0.15, 0.2) is 24.3 Å².